The molecule has 0 bridgehead atoms. The zero-order valence-electron chi connectivity index (χ0n) is 12.6. The number of hydrogen-bond donors (Lipinski definition) is 1. The Labute approximate surface area is 134 Å². The van der Waals surface area contributed by atoms with E-state index < -0.39 is 5.60 Å². The highest BCUT2D eigenvalue weighted by Gasteiger charge is 2.45. The monoisotopic (exact) mass is 357 g/mol. The van der Waals surface area contributed by atoms with Crippen molar-refractivity contribution in [1.29, 1.82) is 0 Å². The number of ether oxygens (including phenoxy) is 1. The normalized spacial score (nSPS) is 29.9. The molecule has 1 N–H and O–H groups in total. The molecule has 21 heavy (non-hydrogen) atoms. The molecule has 2 fully saturated rings. The first-order chi connectivity index (χ1) is 10.0. The van der Waals surface area contributed by atoms with Gasteiger partial charge in [-0.05, 0) is 53.7 Å². The van der Waals surface area contributed by atoms with Gasteiger partial charge in [0, 0.05) is 19.5 Å². The van der Waals surface area contributed by atoms with E-state index in [9.17, 15) is 5.11 Å². The van der Waals surface area contributed by atoms with Crippen molar-refractivity contribution in [2.45, 2.75) is 56.8 Å². The number of aliphatic hydroxyl groups is 1. The molecule has 4 nitrogen and oxygen atoms in total. The Hall–Kier alpha value is -0.360. The van der Waals surface area contributed by atoms with Crippen LogP contribution >= 0.6 is 15.9 Å². The topological polar surface area (TPSA) is 45.8 Å². The smallest absolute Gasteiger partial charge is 0.169 e. The van der Waals surface area contributed by atoms with Crippen molar-refractivity contribution in [3.63, 3.8) is 0 Å². The summed E-state index contributed by atoms with van der Waals surface area (Å²) in [6, 6.07) is 3.95. The minimum atomic E-state index is -0.522. The lowest BCUT2D eigenvalue weighted by Crippen LogP contribution is -2.54. The number of rotatable bonds is 3. The molecular weight excluding hydrogens is 334 g/mol. The molecular formula is C16H24BrNO3. The minimum Gasteiger partial charge on any atom is -0.453 e. The molecule has 1 unspecified atom stereocenters. The summed E-state index contributed by atoms with van der Waals surface area (Å²) in [5.41, 5.74) is -0.629. The van der Waals surface area contributed by atoms with Crippen LogP contribution in [0.15, 0.2) is 21.2 Å². The molecule has 1 aromatic heterocycles. The van der Waals surface area contributed by atoms with Gasteiger partial charge in [-0.3, -0.25) is 4.90 Å². The summed E-state index contributed by atoms with van der Waals surface area (Å²) in [6.45, 7) is 5.61. The quantitative estimate of drug-likeness (QED) is 0.900. The summed E-state index contributed by atoms with van der Waals surface area (Å²) in [7, 11) is 0. The molecule has 0 aromatic carbocycles. The molecule has 0 amide bonds. The van der Waals surface area contributed by atoms with Crippen LogP contribution in [0.5, 0.6) is 0 Å². The highest BCUT2D eigenvalue weighted by Crippen LogP contribution is 2.41. The van der Waals surface area contributed by atoms with E-state index >= 15 is 0 Å². The third-order valence-electron chi connectivity index (χ3n) is 5.06. The number of hydrogen-bond acceptors (Lipinski definition) is 4. The van der Waals surface area contributed by atoms with Crippen molar-refractivity contribution in [3.8, 4) is 0 Å². The van der Waals surface area contributed by atoms with E-state index in [1.807, 2.05) is 12.1 Å². The van der Waals surface area contributed by atoms with E-state index in [2.05, 4.69) is 27.8 Å². The molecule has 0 radical (unpaired) electrons. The fourth-order valence-corrected chi connectivity index (χ4v) is 3.94. The fraction of sp³-hybridized carbons (Fsp3) is 0.750. The lowest BCUT2D eigenvalue weighted by Gasteiger charge is -2.49. The summed E-state index contributed by atoms with van der Waals surface area (Å²) in [5, 5.41) is 10.6. The Balaban J connectivity index is 1.57. The lowest BCUT2D eigenvalue weighted by molar-refractivity contribution is -0.179. The maximum Gasteiger partial charge on any atom is 0.169 e. The Morgan fingerprint density at radius 2 is 2.05 bits per heavy atom. The number of likely N-dealkylation sites (tertiary alicyclic amines) is 1. The Morgan fingerprint density at radius 3 is 2.67 bits per heavy atom. The number of furan rings is 1. The van der Waals surface area contributed by atoms with Crippen molar-refractivity contribution in [2.24, 2.45) is 0 Å². The van der Waals surface area contributed by atoms with Crippen molar-refractivity contribution >= 4 is 15.9 Å². The molecule has 0 saturated carbocycles. The molecule has 0 aliphatic carbocycles. The van der Waals surface area contributed by atoms with Gasteiger partial charge in [-0.15, -0.1) is 0 Å². The van der Waals surface area contributed by atoms with Gasteiger partial charge < -0.3 is 14.3 Å². The number of halogens is 1. The second-order valence-corrected chi connectivity index (χ2v) is 7.30. The Bertz CT molecular complexity index is 482. The first kappa shape index (κ1) is 15.5. The van der Waals surface area contributed by atoms with Gasteiger partial charge in [0.05, 0.1) is 24.4 Å². The van der Waals surface area contributed by atoms with Gasteiger partial charge >= 0.3 is 0 Å². The molecule has 3 rings (SSSR count). The first-order valence-electron chi connectivity index (χ1n) is 7.85. The van der Waals surface area contributed by atoms with Crippen LogP contribution in [0.3, 0.4) is 0 Å². The SMILES string of the molecule is CCC1(O)CCOC2(CCN(Cc3ccc(Br)o3)CC2)C1. The Morgan fingerprint density at radius 1 is 1.29 bits per heavy atom. The van der Waals surface area contributed by atoms with Crippen LogP contribution in [-0.2, 0) is 11.3 Å². The van der Waals surface area contributed by atoms with Crippen LogP contribution in [0.2, 0.25) is 0 Å². The average Bonchev–Trinajstić information content (AvgIpc) is 2.87. The molecule has 1 aromatic rings. The summed E-state index contributed by atoms with van der Waals surface area (Å²) in [4.78, 5) is 2.40. The van der Waals surface area contributed by atoms with Crippen LogP contribution in [0.25, 0.3) is 0 Å². The maximum absolute atomic E-state index is 10.6. The van der Waals surface area contributed by atoms with Crippen molar-refractivity contribution in [3.05, 3.63) is 22.6 Å². The second kappa shape index (κ2) is 6.03. The number of piperidine rings is 1. The fourth-order valence-electron chi connectivity index (χ4n) is 3.60. The highest BCUT2D eigenvalue weighted by atomic mass is 79.9. The molecule has 118 valence electrons. The van der Waals surface area contributed by atoms with Gasteiger partial charge in [0.2, 0.25) is 0 Å². The zero-order valence-corrected chi connectivity index (χ0v) is 14.2. The van der Waals surface area contributed by atoms with E-state index in [1.165, 1.54) is 0 Å². The van der Waals surface area contributed by atoms with Gasteiger partial charge in [-0.25, -0.2) is 0 Å². The lowest BCUT2D eigenvalue weighted by atomic mass is 9.76. The molecule has 2 aliphatic heterocycles. The summed E-state index contributed by atoms with van der Waals surface area (Å²) < 4.78 is 12.5. The van der Waals surface area contributed by atoms with Gasteiger partial charge in [0.25, 0.3) is 0 Å². The van der Waals surface area contributed by atoms with Crippen LogP contribution in [0, 0.1) is 0 Å². The molecule has 3 heterocycles. The van der Waals surface area contributed by atoms with E-state index in [0.717, 1.165) is 62.2 Å². The Kier molecular flexibility index (Phi) is 4.46. The third kappa shape index (κ3) is 3.52. The summed E-state index contributed by atoms with van der Waals surface area (Å²) in [6.07, 6.45) is 4.38. The van der Waals surface area contributed by atoms with Crippen LogP contribution in [-0.4, -0.2) is 40.9 Å². The van der Waals surface area contributed by atoms with Gasteiger partial charge in [0.15, 0.2) is 4.67 Å². The van der Waals surface area contributed by atoms with Crippen LogP contribution in [0.1, 0.15) is 44.8 Å². The molecule has 2 saturated heterocycles. The summed E-state index contributed by atoms with van der Waals surface area (Å²) >= 11 is 3.34. The largest absolute Gasteiger partial charge is 0.453 e. The van der Waals surface area contributed by atoms with Crippen LogP contribution < -0.4 is 0 Å². The standard InChI is InChI=1S/C16H24BrNO3/c1-2-15(19)7-10-20-16(12-15)5-8-18(9-6-16)11-13-3-4-14(17)21-13/h3-4,19H,2,5-12H2,1H3. The molecule has 2 aliphatic rings. The van der Waals surface area contributed by atoms with E-state index in [1.54, 1.807) is 0 Å². The molecule has 5 heteroatoms. The first-order valence-corrected chi connectivity index (χ1v) is 8.65. The van der Waals surface area contributed by atoms with Crippen molar-refractivity contribution in [2.75, 3.05) is 19.7 Å². The zero-order chi connectivity index (χ0) is 14.9. The third-order valence-corrected chi connectivity index (χ3v) is 5.49. The second-order valence-electron chi connectivity index (χ2n) is 6.52. The minimum absolute atomic E-state index is 0.108. The van der Waals surface area contributed by atoms with Gasteiger partial charge in [-0.1, -0.05) is 6.92 Å². The highest BCUT2D eigenvalue weighted by molar-refractivity contribution is 9.10. The average molecular weight is 358 g/mol. The van der Waals surface area contributed by atoms with Crippen molar-refractivity contribution < 1.29 is 14.3 Å². The predicted octanol–water partition coefficient (Wildman–Crippen LogP) is 3.33. The molecule has 1 spiro atoms. The van der Waals surface area contributed by atoms with Gasteiger partial charge in [0.1, 0.15) is 5.76 Å². The summed E-state index contributed by atoms with van der Waals surface area (Å²) in [5.74, 6) is 0.993. The van der Waals surface area contributed by atoms with E-state index in [0.29, 0.717) is 6.61 Å². The van der Waals surface area contributed by atoms with Crippen LogP contribution in [0.4, 0.5) is 0 Å². The molecule has 1 atom stereocenters. The maximum atomic E-state index is 10.6. The van der Waals surface area contributed by atoms with E-state index in [-0.39, 0.29) is 5.60 Å². The number of nitrogens with zero attached hydrogens (tertiary/aromatic N) is 1. The predicted molar refractivity (Wildman–Crippen MR) is 84.1 cm³/mol. The van der Waals surface area contributed by atoms with Gasteiger partial charge in [-0.2, -0.15) is 0 Å². The van der Waals surface area contributed by atoms with E-state index in [4.69, 9.17) is 9.15 Å². The van der Waals surface area contributed by atoms with Crippen molar-refractivity contribution in [1.82, 2.24) is 4.90 Å².